The zero-order valence-corrected chi connectivity index (χ0v) is 19.2. The fourth-order valence-corrected chi connectivity index (χ4v) is 2.97. The Morgan fingerprint density at radius 1 is 0.967 bits per heavy atom. The number of carbonyl (C=O) groups excluding carboxylic acids is 2. The van der Waals surface area contributed by atoms with E-state index in [1.165, 1.54) is 0 Å². The van der Waals surface area contributed by atoms with E-state index in [1.807, 2.05) is 18.2 Å². The monoisotopic (exact) mass is 478 g/mol. The highest BCUT2D eigenvalue weighted by molar-refractivity contribution is 9.10. The van der Waals surface area contributed by atoms with Crippen LogP contribution in [0.1, 0.15) is 36.7 Å². The van der Waals surface area contributed by atoms with E-state index >= 15 is 0 Å². The molecule has 0 aliphatic rings. The molecule has 7 nitrogen and oxygen atoms in total. The maximum Gasteiger partial charge on any atom is 0.276 e. The summed E-state index contributed by atoms with van der Waals surface area (Å²) >= 11 is 3.47. The fourth-order valence-electron chi connectivity index (χ4n) is 2.47. The first-order chi connectivity index (χ1) is 14.2. The number of benzene rings is 2. The van der Waals surface area contributed by atoms with Gasteiger partial charge >= 0.3 is 0 Å². The van der Waals surface area contributed by atoms with Crippen LogP contribution < -0.4 is 20.3 Å². The molecule has 0 bridgehead atoms. The van der Waals surface area contributed by atoms with Gasteiger partial charge in [-0.05, 0) is 51.2 Å². The largest absolute Gasteiger partial charge is 0.490 e. The van der Waals surface area contributed by atoms with Crippen LogP contribution in [0.5, 0.6) is 11.5 Å². The van der Waals surface area contributed by atoms with E-state index in [2.05, 4.69) is 47.6 Å². The molecule has 0 fully saturated rings. The standard InChI is InChI=1S/C22H27BrN2O5/c1-22(2,3)15-9-10-19(17(23)13-15)30-14-20(26)24-25-21(27)16-7-5-6-8-18(16)29-12-11-28-4/h5-10,13H,11-12,14H2,1-4H3,(H,24,26)(H,25,27). The number of rotatable bonds is 8. The van der Waals surface area contributed by atoms with E-state index < -0.39 is 11.8 Å². The first kappa shape index (κ1) is 23.7. The number of amides is 2. The number of nitrogens with one attached hydrogen (secondary N) is 2. The van der Waals surface area contributed by atoms with Gasteiger partial charge in [0.15, 0.2) is 6.61 Å². The highest BCUT2D eigenvalue weighted by Gasteiger charge is 2.16. The van der Waals surface area contributed by atoms with Gasteiger partial charge in [-0.25, -0.2) is 0 Å². The minimum Gasteiger partial charge on any atom is -0.490 e. The van der Waals surface area contributed by atoms with Crippen molar-refractivity contribution in [3.05, 3.63) is 58.1 Å². The second kappa shape index (κ2) is 11.0. The smallest absolute Gasteiger partial charge is 0.276 e. The lowest BCUT2D eigenvalue weighted by molar-refractivity contribution is -0.123. The second-order valence-corrected chi connectivity index (χ2v) is 8.38. The summed E-state index contributed by atoms with van der Waals surface area (Å²) in [6.45, 7) is 6.81. The predicted octanol–water partition coefficient (Wildman–Crippen LogP) is 3.61. The Labute approximate surface area is 185 Å². The minimum absolute atomic E-state index is 0.00623. The molecule has 0 unspecified atom stereocenters. The van der Waals surface area contributed by atoms with Crippen molar-refractivity contribution in [2.24, 2.45) is 0 Å². The first-order valence-electron chi connectivity index (χ1n) is 9.45. The molecular weight excluding hydrogens is 452 g/mol. The summed E-state index contributed by atoms with van der Waals surface area (Å²) in [6, 6.07) is 12.5. The summed E-state index contributed by atoms with van der Waals surface area (Å²) in [5.74, 6) is -0.0400. The van der Waals surface area contributed by atoms with Crippen LogP contribution in [0.15, 0.2) is 46.9 Å². The van der Waals surface area contributed by atoms with Crippen molar-refractivity contribution in [3.8, 4) is 11.5 Å². The normalized spacial score (nSPS) is 11.0. The summed E-state index contributed by atoms with van der Waals surface area (Å²) in [5, 5.41) is 0. The lowest BCUT2D eigenvalue weighted by Crippen LogP contribution is -2.44. The van der Waals surface area contributed by atoms with E-state index in [0.29, 0.717) is 30.3 Å². The van der Waals surface area contributed by atoms with Crippen molar-refractivity contribution in [2.75, 3.05) is 26.9 Å². The molecule has 162 valence electrons. The molecule has 2 rings (SSSR count). The number of hydrogen-bond acceptors (Lipinski definition) is 5. The molecule has 2 aromatic carbocycles. The number of halogens is 1. The Morgan fingerprint density at radius 3 is 2.37 bits per heavy atom. The third-order valence-electron chi connectivity index (χ3n) is 4.15. The summed E-state index contributed by atoms with van der Waals surface area (Å²) in [7, 11) is 1.57. The summed E-state index contributed by atoms with van der Waals surface area (Å²) < 4.78 is 16.8. The Kier molecular flexibility index (Phi) is 8.68. The van der Waals surface area contributed by atoms with Crippen LogP contribution in [-0.4, -0.2) is 38.7 Å². The van der Waals surface area contributed by atoms with Gasteiger partial charge in [0.2, 0.25) is 0 Å². The number of carbonyl (C=O) groups is 2. The number of hydrazine groups is 1. The summed E-state index contributed by atoms with van der Waals surface area (Å²) in [6.07, 6.45) is 0. The van der Waals surface area contributed by atoms with E-state index in [9.17, 15) is 9.59 Å². The van der Waals surface area contributed by atoms with Gasteiger partial charge in [0.05, 0.1) is 16.6 Å². The minimum atomic E-state index is -0.493. The van der Waals surface area contributed by atoms with Gasteiger partial charge in [0.1, 0.15) is 18.1 Å². The maximum absolute atomic E-state index is 12.4. The molecule has 0 aliphatic carbocycles. The molecule has 0 saturated carbocycles. The van der Waals surface area contributed by atoms with Crippen LogP contribution in [0, 0.1) is 0 Å². The van der Waals surface area contributed by atoms with Crippen LogP contribution in [0.3, 0.4) is 0 Å². The number of hydrogen-bond donors (Lipinski definition) is 2. The lowest BCUT2D eigenvalue weighted by atomic mass is 9.87. The molecule has 0 aromatic heterocycles. The predicted molar refractivity (Wildman–Crippen MR) is 118 cm³/mol. The second-order valence-electron chi connectivity index (χ2n) is 7.52. The van der Waals surface area contributed by atoms with E-state index in [0.717, 1.165) is 10.0 Å². The van der Waals surface area contributed by atoms with Gasteiger partial charge in [-0.3, -0.25) is 20.4 Å². The molecule has 0 aliphatic heterocycles. The Hall–Kier alpha value is -2.58. The zero-order chi connectivity index (χ0) is 22.1. The van der Waals surface area contributed by atoms with Crippen molar-refractivity contribution in [1.82, 2.24) is 10.9 Å². The molecule has 0 spiro atoms. The average Bonchev–Trinajstić information content (AvgIpc) is 2.71. The summed E-state index contributed by atoms with van der Waals surface area (Å²) in [5.41, 5.74) is 6.16. The lowest BCUT2D eigenvalue weighted by Gasteiger charge is -2.20. The van der Waals surface area contributed by atoms with Gasteiger partial charge in [-0.2, -0.15) is 0 Å². The van der Waals surface area contributed by atoms with Crippen LogP contribution in [0.2, 0.25) is 0 Å². The Bertz CT molecular complexity index is 880. The Morgan fingerprint density at radius 2 is 1.70 bits per heavy atom. The third kappa shape index (κ3) is 7.03. The molecule has 0 atom stereocenters. The van der Waals surface area contributed by atoms with Crippen molar-refractivity contribution in [3.63, 3.8) is 0 Å². The highest BCUT2D eigenvalue weighted by atomic mass is 79.9. The van der Waals surface area contributed by atoms with Crippen LogP contribution in [0.4, 0.5) is 0 Å². The number of methoxy groups -OCH3 is 1. The first-order valence-corrected chi connectivity index (χ1v) is 10.2. The van der Waals surface area contributed by atoms with Crippen LogP contribution >= 0.6 is 15.9 Å². The molecule has 30 heavy (non-hydrogen) atoms. The molecule has 2 amide bonds. The van der Waals surface area contributed by atoms with Gasteiger partial charge in [0.25, 0.3) is 11.8 Å². The highest BCUT2D eigenvalue weighted by Crippen LogP contribution is 2.31. The van der Waals surface area contributed by atoms with Crippen LogP contribution in [0.25, 0.3) is 0 Å². The van der Waals surface area contributed by atoms with Gasteiger partial charge in [0, 0.05) is 7.11 Å². The zero-order valence-electron chi connectivity index (χ0n) is 17.6. The topological polar surface area (TPSA) is 85.9 Å². The van der Waals surface area contributed by atoms with E-state index in [4.69, 9.17) is 14.2 Å². The van der Waals surface area contributed by atoms with Crippen molar-refractivity contribution < 1.29 is 23.8 Å². The van der Waals surface area contributed by atoms with Crippen molar-refractivity contribution in [2.45, 2.75) is 26.2 Å². The van der Waals surface area contributed by atoms with E-state index in [1.54, 1.807) is 31.4 Å². The molecular formula is C22H27BrN2O5. The number of para-hydroxylation sites is 1. The quantitative estimate of drug-likeness (QED) is 0.447. The molecule has 8 heteroatoms. The molecule has 0 heterocycles. The third-order valence-corrected chi connectivity index (χ3v) is 4.77. The Balaban J connectivity index is 1.87. The number of ether oxygens (including phenoxy) is 3. The average molecular weight is 479 g/mol. The fraction of sp³-hybridized carbons (Fsp3) is 0.364. The molecule has 2 N–H and O–H groups in total. The van der Waals surface area contributed by atoms with Crippen molar-refractivity contribution in [1.29, 1.82) is 0 Å². The molecule has 0 saturated heterocycles. The molecule has 2 aromatic rings. The van der Waals surface area contributed by atoms with Gasteiger partial charge < -0.3 is 14.2 Å². The SMILES string of the molecule is COCCOc1ccccc1C(=O)NNC(=O)COc1ccc(C(C)(C)C)cc1Br. The molecule has 0 radical (unpaired) electrons. The van der Waals surface area contributed by atoms with Gasteiger partial charge in [-0.15, -0.1) is 0 Å². The van der Waals surface area contributed by atoms with Crippen LogP contribution in [-0.2, 0) is 14.9 Å². The summed E-state index contributed by atoms with van der Waals surface area (Å²) in [4.78, 5) is 24.4. The maximum atomic E-state index is 12.4. The van der Waals surface area contributed by atoms with E-state index in [-0.39, 0.29) is 12.0 Å². The van der Waals surface area contributed by atoms with Crippen molar-refractivity contribution >= 4 is 27.7 Å². The van der Waals surface area contributed by atoms with Gasteiger partial charge in [-0.1, -0.05) is 39.0 Å².